The molecule has 2 unspecified atom stereocenters. The molecule has 1 aliphatic heterocycles. The van der Waals surface area contributed by atoms with Gasteiger partial charge in [0.15, 0.2) is 0 Å². The zero-order chi connectivity index (χ0) is 17.2. The van der Waals surface area contributed by atoms with Gasteiger partial charge >= 0.3 is 6.18 Å². The van der Waals surface area contributed by atoms with Crippen molar-refractivity contribution in [3.63, 3.8) is 0 Å². The Morgan fingerprint density at radius 2 is 2.17 bits per heavy atom. The number of benzene rings is 1. The lowest BCUT2D eigenvalue weighted by Gasteiger charge is -2.19. The van der Waals surface area contributed by atoms with E-state index in [1.165, 1.54) is 0 Å². The van der Waals surface area contributed by atoms with Gasteiger partial charge in [-0.2, -0.15) is 13.2 Å². The summed E-state index contributed by atoms with van der Waals surface area (Å²) in [4.78, 5) is 24.4. The van der Waals surface area contributed by atoms with E-state index in [9.17, 15) is 22.8 Å². The standard InChI is InChI=1S/C15H16ClF3N2O2/c1-9(10-3-2-4-12(16)5-10)20-14(23)11-6-13(22)21(7-11)8-15(17,18)19/h2-5,9,11H,6-8H2,1H3,(H,20,23). The molecule has 0 bridgehead atoms. The van der Waals surface area contributed by atoms with Crippen molar-refractivity contribution in [1.29, 1.82) is 0 Å². The van der Waals surface area contributed by atoms with Gasteiger partial charge in [0, 0.05) is 18.0 Å². The molecule has 0 aromatic heterocycles. The van der Waals surface area contributed by atoms with E-state index in [0.717, 1.165) is 5.56 Å². The highest BCUT2D eigenvalue weighted by atomic mass is 35.5. The second kappa shape index (κ2) is 6.78. The minimum Gasteiger partial charge on any atom is -0.349 e. The predicted molar refractivity (Wildman–Crippen MR) is 78.8 cm³/mol. The normalized spacial score (nSPS) is 19.8. The Morgan fingerprint density at radius 3 is 2.78 bits per heavy atom. The van der Waals surface area contributed by atoms with E-state index < -0.39 is 30.5 Å². The third kappa shape index (κ3) is 4.86. The fourth-order valence-corrected chi connectivity index (χ4v) is 2.71. The van der Waals surface area contributed by atoms with Crippen LogP contribution >= 0.6 is 11.6 Å². The van der Waals surface area contributed by atoms with Gasteiger partial charge in [0.05, 0.1) is 12.0 Å². The monoisotopic (exact) mass is 348 g/mol. The number of halogens is 4. The van der Waals surface area contributed by atoms with Gasteiger partial charge < -0.3 is 10.2 Å². The molecule has 8 heteroatoms. The third-order valence-electron chi connectivity index (χ3n) is 3.66. The Kier molecular flexibility index (Phi) is 5.19. The number of likely N-dealkylation sites (tertiary alicyclic amines) is 1. The number of rotatable bonds is 4. The number of carbonyl (C=O) groups excluding carboxylic acids is 2. The SMILES string of the molecule is CC(NC(=O)C1CC(=O)N(CC(F)(F)F)C1)c1cccc(Cl)c1. The van der Waals surface area contributed by atoms with E-state index in [-0.39, 0.29) is 19.0 Å². The maximum Gasteiger partial charge on any atom is 0.406 e. The molecule has 2 rings (SSSR count). The molecular formula is C15H16ClF3N2O2. The summed E-state index contributed by atoms with van der Waals surface area (Å²) in [6, 6.07) is 6.57. The largest absolute Gasteiger partial charge is 0.406 e. The fraction of sp³-hybridized carbons (Fsp3) is 0.467. The zero-order valence-electron chi connectivity index (χ0n) is 12.4. The number of hydrogen-bond acceptors (Lipinski definition) is 2. The third-order valence-corrected chi connectivity index (χ3v) is 3.90. The molecule has 0 radical (unpaired) electrons. The van der Waals surface area contributed by atoms with Crippen molar-refractivity contribution in [2.24, 2.45) is 5.92 Å². The molecule has 1 aliphatic rings. The van der Waals surface area contributed by atoms with Gasteiger partial charge in [-0.25, -0.2) is 0 Å². The molecule has 1 saturated heterocycles. The summed E-state index contributed by atoms with van der Waals surface area (Å²) in [5.74, 6) is -1.86. The molecular weight excluding hydrogens is 333 g/mol. The Hall–Kier alpha value is -1.76. The first kappa shape index (κ1) is 17.6. The summed E-state index contributed by atoms with van der Waals surface area (Å²) >= 11 is 5.88. The van der Waals surface area contributed by atoms with Crippen molar-refractivity contribution in [2.45, 2.75) is 25.6 Å². The molecule has 1 heterocycles. The van der Waals surface area contributed by atoms with Crippen LogP contribution in [0.2, 0.25) is 5.02 Å². The molecule has 1 N–H and O–H groups in total. The summed E-state index contributed by atoms with van der Waals surface area (Å²) in [6.45, 7) is 0.208. The number of hydrogen-bond donors (Lipinski definition) is 1. The average Bonchev–Trinajstić information content (AvgIpc) is 2.78. The van der Waals surface area contributed by atoms with Crippen molar-refractivity contribution in [2.75, 3.05) is 13.1 Å². The lowest BCUT2D eigenvalue weighted by molar-refractivity contribution is -0.157. The van der Waals surface area contributed by atoms with Crippen LogP contribution in [0.4, 0.5) is 13.2 Å². The molecule has 2 atom stereocenters. The summed E-state index contributed by atoms with van der Waals surface area (Å²) in [7, 11) is 0. The average molecular weight is 349 g/mol. The maximum absolute atomic E-state index is 12.4. The van der Waals surface area contributed by atoms with Crippen LogP contribution in [0, 0.1) is 5.92 Å². The van der Waals surface area contributed by atoms with E-state index in [0.29, 0.717) is 9.92 Å². The van der Waals surface area contributed by atoms with Crippen LogP contribution in [-0.2, 0) is 9.59 Å². The maximum atomic E-state index is 12.4. The number of carbonyl (C=O) groups is 2. The topological polar surface area (TPSA) is 49.4 Å². The lowest BCUT2D eigenvalue weighted by Crippen LogP contribution is -2.37. The fourth-order valence-electron chi connectivity index (χ4n) is 2.51. The summed E-state index contributed by atoms with van der Waals surface area (Å²) in [5.41, 5.74) is 0.780. The van der Waals surface area contributed by atoms with Crippen LogP contribution in [0.5, 0.6) is 0 Å². The second-order valence-electron chi connectivity index (χ2n) is 5.58. The van der Waals surface area contributed by atoms with Crippen LogP contribution in [0.3, 0.4) is 0 Å². The smallest absolute Gasteiger partial charge is 0.349 e. The van der Waals surface area contributed by atoms with E-state index >= 15 is 0 Å². The molecule has 1 aromatic carbocycles. The van der Waals surface area contributed by atoms with E-state index in [4.69, 9.17) is 11.6 Å². The highest BCUT2D eigenvalue weighted by Crippen LogP contribution is 2.25. The number of alkyl halides is 3. The van der Waals surface area contributed by atoms with Crippen LogP contribution < -0.4 is 5.32 Å². The van der Waals surface area contributed by atoms with Gasteiger partial charge in [0.25, 0.3) is 0 Å². The number of amides is 2. The number of nitrogens with one attached hydrogen (secondary N) is 1. The highest BCUT2D eigenvalue weighted by Gasteiger charge is 2.40. The van der Waals surface area contributed by atoms with E-state index in [1.807, 2.05) is 0 Å². The van der Waals surface area contributed by atoms with Gasteiger partial charge in [-0.1, -0.05) is 23.7 Å². The van der Waals surface area contributed by atoms with Crippen molar-refractivity contribution in [3.05, 3.63) is 34.9 Å². The molecule has 126 valence electrons. The Morgan fingerprint density at radius 1 is 1.48 bits per heavy atom. The van der Waals surface area contributed by atoms with E-state index in [1.54, 1.807) is 31.2 Å². The molecule has 0 aliphatic carbocycles. The Bertz CT molecular complexity index is 607. The van der Waals surface area contributed by atoms with Gasteiger partial charge in [-0.3, -0.25) is 9.59 Å². The van der Waals surface area contributed by atoms with Crippen molar-refractivity contribution in [3.8, 4) is 0 Å². The van der Waals surface area contributed by atoms with Crippen LogP contribution in [0.25, 0.3) is 0 Å². The minimum atomic E-state index is -4.46. The quantitative estimate of drug-likeness (QED) is 0.909. The van der Waals surface area contributed by atoms with Crippen LogP contribution in [0.15, 0.2) is 24.3 Å². The molecule has 1 aromatic rings. The highest BCUT2D eigenvalue weighted by molar-refractivity contribution is 6.30. The molecule has 0 saturated carbocycles. The lowest BCUT2D eigenvalue weighted by atomic mass is 10.1. The predicted octanol–water partition coefficient (Wildman–Crippen LogP) is 2.93. The first-order valence-electron chi connectivity index (χ1n) is 7.06. The summed E-state index contributed by atoms with van der Waals surface area (Å²) in [6.07, 6.45) is -4.67. The Balaban J connectivity index is 1.95. The molecule has 0 spiro atoms. The molecule has 4 nitrogen and oxygen atoms in total. The van der Waals surface area contributed by atoms with Gasteiger partial charge in [-0.05, 0) is 24.6 Å². The molecule has 1 fully saturated rings. The minimum absolute atomic E-state index is 0.204. The second-order valence-corrected chi connectivity index (χ2v) is 6.01. The van der Waals surface area contributed by atoms with Crippen LogP contribution in [0.1, 0.15) is 24.9 Å². The van der Waals surface area contributed by atoms with Crippen molar-refractivity contribution >= 4 is 23.4 Å². The van der Waals surface area contributed by atoms with Gasteiger partial charge in [0.1, 0.15) is 6.54 Å². The first-order chi connectivity index (χ1) is 10.7. The number of nitrogens with zero attached hydrogens (tertiary/aromatic N) is 1. The first-order valence-corrected chi connectivity index (χ1v) is 7.44. The van der Waals surface area contributed by atoms with Crippen molar-refractivity contribution < 1.29 is 22.8 Å². The summed E-state index contributed by atoms with van der Waals surface area (Å²) < 4.78 is 37.1. The van der Waals surface area contributed by atoms with E-state index in [2.05, 4.69) is 5.32 Å². The van der Waals surface area contributed by atoms with Crippen LogP contribution in [-0.4, -0.2) is 36.0 Å². The van der Waals surface area contributed by atoms with Gasteiger partial charge in [0.2, 0.25) is 11.8 Å². The molecule has 2 amide bonds. The Labute approximate surface area is 136 Å². The van der Waals surface area contributed by atoms with Gasteiger partial charge in [-0.15, -0.1) is 0 Å². The zero-order valence-corrected chi connectivity index (χ0v) is 13.1. The molecule has 23 heavy (non-hydrogen) atoms. The van der Waals surface area contributed by atoms with Crippen molar-refractivity contribution in [1.82, 2.24) is 10.2 Å². The summed E-state index contributed by atoms with van der Waals surface area (Å²) in [5, 5.41) is 3.24.